The van der Waals surface area contributed by atoms with Gasteiger partial charge in [0.05, 0.1) is 0 Å². The van der Waals surface area contributed by atoms with Gasteiger partial charge in [-0.15, -0.1) is 0 Å². The lowest BCUT2D eigenvalue weighted by Gasteiger charge is -2.17. The number of nitrogens with one attached hydrogen (secondary N) is 1. The van der Waals surface area contributed by atoms with E-state index in [1.807, 2.05) is 0 Å². The van der Waals surface area contributed by atoms with Crippen molar-refractivity contribution < 1.29 is 14.7 Å². The van der Waals surface area contributed by atoms with Crippen molar-refractivity contribution in [2.75, 3.05) is 0 Å². The van der Waals surface area contributed by atoms with E-state index >= 15 is 0 Å². The van der Waals surface area contributed by atoms with Crippen LogP contribution in [0.15, 0.2) is 18.3 Å². The van der Waals surface area contributed by atoms with Gasteiger partial charge >= 0.3 is 5.97 Å². The smallest absolute Gasteiger partial charge is 0.323 e. The first-order valence-electron chi connectivity index (χ1n) is 6.25. The Bertz CT molecular complexity index is 453. The lowest BCUT2D eigenvalue weighted by molar-refractivity contribution is -0.137. The summed E-state index contributed by atoms with van der Waals surface area (Å²) in [4.78, 5) is 22.8. The van der Waals surface area contributed by atoms with Gasteiger partial charge in [-0.05, 0) is 30.9 Å². The first kappa shape index (κ1) is 12.7. The van der Waals surface area contributed by atoms with Gasteiger partial charge < -0.3 is 15.0 Å². The highest BCUT2D eigenvalue weighted by Gasteiger charge is 2.25. The number of carboxylic acid groups (broad SMARTS) is 1. The second-order valence-electron chi connectivity index (χ2n) is 4.90. The Morgan fingerprint density at radius 3 is 2.89 bits per heavy atom. The maximum atomic E-state index is 12.1. The molecule has 0 saturated heterocycles. The molecule has 18 heavy (non-hydrogen) atoms. The topological polar surface area (TPSA) is 71.3 Å². The summed E-state index contributed by atoms with van der Waals surface area (Å²) in [6.07, 6.45) is 4.90. The van der Waals surface area contributed by atoms with Crippen molar-refractivity contribution in [3.63, 3.8) is 0 Å². The predicted molar refractivity (Wildman–Crippen MR) is 66.3 cm³/mol. The third-order valence-corrected chi connectivity index (χ3v) is 3.55. The van der Waals surface area contributed by atoms with Gasteiger partial charge in [-0.2, -0.15) is 0 Å². The Labute approximate surface area is 106 Å². The molecule has 5 heteroatoms. The average Bonchev–Trinajstić information content (AvgIpc) is 2.88. The van der Waals surface area contributed by atoms with Crippen molar-refractivity contribution in [2.24, 2.45) is 5.92 Å². The van der Waals surface area contributed by atoms with Gasteiger partial charge in [-0.3, -0.25) is 9.59 Å². The molecular formula is C13H18N2O3. The predicted octanol–water partition coefficient (Wildman–Crippen LogP) is 1.49. The lowest BCUT2D eigenvalue weighted by Crippen LogP contribution is -2.37. The van der Waals surface area contributed by atoms with E-state index in [9.17, 15) is 9.59 Å². The molecule has 2 rings (SSSR count). The molecule has 1 heterocycles. The average molecular weight is 250 g/mol. The zero-order valence-electron chi connectivity index (χ0n) is 10.4. The number of carbonyl (C=O) groups is 2. The van der Waals surface area contributed by atoms with Crippen molar-refractivity contribution in [2.45, 2.75) is 38.8 Å². The van der Waals surface area contributed by atoms with Gasteiger partial charge in [0, 0.05) is 12.2 Å². The molecule has 98 valence electrons. The standard InChI is InChI=1S/C13H18N2O3/c1-9-4-2-5-10(9)14-13(18)11-6-3-7-15(11)8-12(16)17/h3,6-7,9-10H,2,4-5,8H2,1H3,(H,14,18)(H,16,17). The molecule has 1 amide bonds. The van der Waals surface area contributed by atoms with Gasteiger partial charge in [-0.25, -0.2) is 0 Å². The zero-order chi connectivity index (χ0) is 13.1. The minimum atomic E-state index is -0.950. The van der Waals surface area contributed by atoms with Crippen LogP contribution in [0.1, 0.15) is 36.7 Å². The van der Waals surface area contributed by atoms with Crippen LogP contribution in [0, 0.1) is 5.92 Å². The van der Waals surface area contributed by atoms with E-state index in [2.05, 4.69) is 12.2 Å². The maximum Gasteiger partial charge on any atom is 0.323 e. The van der Waals surface area contributed by atoms with Crippen LogP contribution < -0.4 is 5.32 Å². The van der Waals surface area contributed by atoms with Gasteiger partial charge in [0.25, 0.3) is 5.91 Å². The largest absolute Gasteiger partial charge is 0.480 e. The van der Waals surface area contributed by atoms with Crippen LogP contribution in [-0.2, 0) is 11.3 Å². The van der Waals surface area contributed by atoms with Crippen molar-refractivity contribution in [1.82, 2.24) is 9.88 Å². The minimum absolute atomic E-state index is 0.181. The van der Waals surface area contributed by atoms with Gasteiger partial charge in [0.1, 0.15) is 12.2 Å². The summed E-state index contributed by atoms with van der Waals surface area (Å²) < 4.78 is 1.46. The summed E-state index contributed by atoms with van der Waals surface area (Å²) >= 11 is 0. The van der Waals surface area contributed by atoms with E-state index in [1.54, 1.807) is 18.3 Å². The molecule has 2 N–H and O–H groups in total. The van der Waals surface area contributed by atoms with E-state index in [1.165, 1.54) is 4.57 Å². The van der Waals surface area contributed by atoms with Crippen LogP contribution in [0.2, 0.25) is 0 Å². The number of hydrogen-bond donors (Lipinski definition) is 2. The van der Waals surface area contributed by atoms with E-state index in [4.69, 9.17) is 5.11 Å². The van der Waals surface area contributed by atoms with Gasteiger partial charge in [0.15, 0.2) is 0 Å². The second kappa shape index (κ2) is 5.25. The van der Waals surface area contributed by atoms with Crippen LogP contribution in [-0.4, -0.2) is 27.6 Å². The molecule has 0 radical (unpaired) electrons. The fourth-order valence-electron chi connectivity index (χ4n) is 2.51. The Morgan fingerprint density at radius 1 is 1.50 bits per heavy atom. The highest BCUT2D eigenvalue weighted by Crippen LogP contribution is 2.25. The summed E-state index contributed by atoms with van der Waals surface area (Å²) in [7, 11) is 0. The fraction of sp³-hybridized carbons (Fsp3) is 0.538. The first-order chi connectivity index (χ1) is 8.58. The molecule has 0 aromatic carbocycles. The third-order valence-electron chi connectivity index (χ3n) is 3.55. The second-order valence-corrected chi connectivity index (χ2v) is 4.90. The zero-order valence-corrected chi connectivity index (χ0v) is 10.4. The molecule has 1 saturated carbocycles. The summed E-state index contributed by atoms with van der Waals surface area (Å²) in [6.45, 7) is 1.95. The van der Waals surface area contributed by atoms with E-state index in [0.717, 1.165) is 19.3 Å². The summed E-state index contributed by atoms with van der Waals surface area (Å²) in [5, 5.41) is 11.8. The molecule has 5 nitrogen and oxygen atoms in total. The van der Waals surface area contributed by atoms with Crippen LogP contribution in [0.5, 0.6) is 0 Å². The molecule has 0 bridgehead atoms. The molecular weight excluding hydrogens is 232 g/mol. The van der Waals surface area contributed by atoms with Crippen molar-refractivity contribution in [3.8, 4) is 0 Å². The number of amides is 1. The molecule has 1 aliphatic rings. The number of aliphatic carboxylic acids is 1. The molecule has 2 atom stereocenters. The molecule has 1 fully saturated rings. The monoisotopic (exact) mass is 250 g/mol. The Morgan fingerprint density at radius 2 is 2.28 bits per heavy atom. The van der Waals surface area contributed by atoms with E-state index in [-0.39, 0.29) is 18.5 Å². The highest BCUT2D eigenvalue weighted by atomic mass is 16.4. The Balaban J connectivity index is 2.04. The molecule has 2 unspecified atom stereocenters. The Hall–Kier alpha value is -1.78. The Kier molecular flexibility index (Phi) is 3.69. The number of nitrogens with zero attached hydrogens (tertiary/aromatic N) is 1. The summed E-state index contributed by atoms with van der Waals surface area (Å²) in [5.41, 5.74) is 0.413. The lowest BCUT2D eigenvalue weighted by atomic mass is 10.1. The number of aromatic nitrogens is 1. The van der Waals surface area contributed by atoms with E-state index < -0.39 is 5.97 Å². The highest BCUT2D eigenvalue weighted by molar-refractivity contribution is 5.93. The minimum Gasteiger partial charge on any atom is -0.480 e. The maximum absolute atomic E-state index is 12.1. The molecule has 1 aromatic heterocycles. The number of rotatable bonds is 4. The van der Waals surface area contributed by atoms with Gasteiger partial charge in [0.2, 0.25) is 0 Å². The normalized spacial score (nSPS) is 22.9. The number of carbonyl (C=O) groups excluding carboxylic acids is 1. The SMILES string of the molecule is CC1CCCC1NC(=O)c1cccn1CC(=O)O. The first-order valence-corrected chi connectivity index (χ1v) is 6.25. The van der Waals surface area contributed by atoms with Crippen molar-refractivity contribution in [3.05, 3.63) is 24.0 Å². The van der Waals surface area contributed by atoms with Crippen molar-refractivity contribution >= 4 is 11.9 Å². The summed E-state index contributed by atoms with van der Waals surface area (Å²) in [6, 6.07) is 3.55. The number of hydrogen-bond acceptors (Lipinski definition) is 2. The van der Waals surface area contributed by atoms with Crippen LogP contribution in [0.3, 0.4) is 0 Å². The van der Waals surface area contributed by atoms with Crippen molar-refractivity contribution in [1.29, 1.82) is 0 Å². The third kappa shape index (κ3) is 2.72. The quantitative estimate of drug-likeness (QED) is 0.850. The van der Waals surface area contributed by atoms with Crippen LogP contribution in [0.25, 0.3) is 0 Å². The fourth-order valence-corrected chi connectivity index (χ4v) is 2.51. The molecule has 1 aliphatic carbocycles. The van der Waals surface area contributed by atoms with Gasteiger partial charge in [-0.1, -0.05) is 13.3 Å². The summed E-state index contributed by atoms with van der Waals surface area (Å²) in [5.74, 6) is -0.633. The number of carboxylic acids is 1. The van der Waals surface area contributed by atoms with Crippen LogP contribution >= 0.6 is 0 Å². The van der Waals surface area contributed by atoms with Crippen LogP contribution in [0.4, 0.5) is 0 Å². The van der Waals surface area contributed by atoms with E-state index in [0.29, 0.717) is 11.6 Å². The molecule has 1 aromatic rings. The molecule has 0 spiro atoms. The molecule has 0 aliphatic heterocycles.